The number of aryl methyl sites for hydroxylation is 1. The second-order valence-corrected chi connectivity index (χ2v) is 6.67. The first-order chi connectivity index (χ1) is 9.00. The lowest BCUT2D eigenvalue weighted by Gasteiger charge is -2.23. The van der Waals surface area contributed by atoms with Crippen molar-refractivity contribution in [1.82, 2.24) is 4.31 Å². The maximum Gasteiger partial charge on any atom is 0.243 e. The molecule has 1 unspecified atom stereocenters. The first kappa shape index (κ1) is 17.2. The van der Waals surface area contributed by atoms with Crippen LogP contribution in [0.4, 0.5) is 0 Å². The maximum atomic E-state index is 12.6. The van der Waals surface area contributed by atoms with Gasteiger partial charge in [0.1, 0.15) is 5.75 Å². The Balaban J connectivity index is 0.00000200. The normalized spacial score (nSPS) is 19.6. The van der Waals surface area contributed by atoms with Crippen molar-refractivity contribution in [2.45, 2.75) is 30.7 Å². The fourth-order valence-electron chi connectivity index (χ4n) is 2.51. The van der Waals surface area contributed by atoms with Gasteiger partial charge in [-0.05, 0) is 43.5 Å². The number of sulfonamides is 1. The van der Waals surface area contributed by atoms with E-state index in [0.29, 0.717) is 23.7 Å². The second kappa shape index (κ2) is 6.76. The molecule has 5 nitrogen and oxygen atoms in total. The van der Waals surface area contributed by atoms with Crippen LogP contribution in [0, 0.1) is 6.92 Å². The van der Waals surface area contributed by atoms with Crippen LogP contribution < -0.4 is 10.5 Å². The lowest BCUT2D eigenvalue weighted by Crippen LogP contribution is -2.39. The SMILES string of the molecule is COc1ccc(S(=O)(=O)N2CCCC2CN)cc1C.Cl. The van der Waals surface area contributed by atoms with Gasteiger partial charge in [-0.15, -0.1) is 12.4 Å². The highest BCUT2D eigenvalue weighted by Gasteiger charge is 2.34. The largest absolute Gasteiger partial charge is 0.496 e. The Morgan fingerprint density at radius 2 is 2.15 bits per heavy atom. The van der Waals surface area contributed by atoms with Crippen molar-refractivity contribution >= 4 is 22.4 Å². The minimum absolute atomic E-state index is 0. The zero-order valence-electron chi connectivity index (χ0n) is 11.7. The first-order valence-electron chi connectivity index (χ1n) is 6.37. The van der Waals surface area contributed by atoms with Crippen molar-refractivity contribution in [3.63, 3.8) is 0 Å². The molecule has 0 bridgehead atoms. The van der Waals surface area contributed by atoms with E-state index < -0.39 is 10.0 Å². The predicted octanol–water partition coefficient (Wildman–Crippen LogP) is 1.54. The average Bonchev–Trinajstić information content (AvgIpc) is 2.87. The Morgan fingerprint density at radius 3 is 2.70 bits per heavy atom. The fourth-order valence-corrected chi connectivity index (χ4v) is 4.30. The summed E-state index contributed by atoms with van der Waals surface area (Å²) in [5.41, 5.74) is 6.46. The lowest BCUT2D eigenvalue weighted by atomic mass is 10.2. The van der Waals surface area contributed by atoms with E-state index in [1.165, 1.54) is 4.31 Å². The van der Waals surface area contributed by atoms with Gasteiger partial charge >= 0.3 is 0 Å². The summed E-state index contributed by atoms with van der Waals surface area (Å²) in [4.78, 5) is 0.311. The van der Waals surface area contributed by atoms with Crippen molar-refractivity contribution in [2.24, 2.45) is 5.73 Å². The number of hydrogen-bond donors (Lipinski definition) is 1. The van der Waals surface area contributed by atoms with Crippen LogP contribution in [0.5, 0.6) is 5.75 Å². The highest BCUT2D eigenvalue weighted by atomic mass is 35.5. The van der Waals surface area contributed by atoms with Crippen LogP contribution in [0.1, 0.15) is 18.4 Å². The van der Waals surface area contributed by atoms with Gasteiger partial charge in [-0.2, -0.15) is 4.31 Å². The standard InChI is InChI=1S/C13H20N2O3S.ClH/c1-10-8-12(5-6-13(10)18-2)19(16,17)15-7-3-4-11(15)9-14;/h5-6,8,11H,3-4,7,9,14H2,1-2H3;1H. The van der Waals surface area contributed by atoms with Crippen molar-refractivity contribution in [3.05, 3.63) is 23.8 Å². The zero-order chi connectivity index (χ0) is 14.0. The molecule has 1 atom stereocenters. The Labute approximate surface area is 126 Å². The van der Waals surface area contributed by atoms with E-state index in [1.54, 1.807) is 25.3 Å². The van der Waals surface area contributed by atoms with Crippen molar-refractivity contribution < 1.29 is 13.2 Å². The third-order valence-electron chi connectivity index (χ3n) is 3.57. The number of methoxy groups -OCH3 is 1. The van der Waals surface area contributed by atoms with E-state index in [-0.39, 0.29) is 18.4 Å². The highest BCUT2D eigenvalue weighted by Crippen LogP contribution is 2.28. The molecule has 1 aromatic rings. The van der Waals surface area contributed by atoms with Gasteiger partial charge in [-0.3, -0.25) is 0 Å². The summed E-state index contributed by atoms with van der Waals surface area (Å²) in [5, 5.41) is 0. The van der Waals surface area contributed by atoms with Crippen LogP contribution >= 0.6 is 12.4 Å². The smallest absolute Gasteiger partial charge is 0.243 e. The van der Waals surface area contributed by atoms with Gasteiger partial charge < -0.3 is 10.5 Å². The molecular formula is C13H21ClN2O3S. The summed E-state index contributed by atoms with van der Waals surface area (Å²) in [6.07, 6.45) is 1.71. The molecule has 1 aromatic carbocycles. The molecule has 1 heterocycles. The van der Waals surface area contributed by atoms with E-state index in [9.17, 15) is 8.42 Å². The lowest BCUT2D eigenvalue weighted by molar-refractivity contribution is 0.392. The third kappa shape index (κ3) is 3.09. The van der Waals surface area contributed by atoms with Crippen LogP contribution in [0.25, 0.3) is 0 Å². The van der Waals surface area contributed by atoms with Crippen molar-refractivity contribution in [3.8, 4) is 5.75 Å². The van der Waals surface area contributed by atoms with Crippen molar-refractivity contribution in [2.75, 3.05) is 20.2 Å². The minimum atomic E-state index is -3.45. The van der Waals surface area contributed by atoms with Crippen LogP contribution in [-0.4, -0.2) is 39.0 Å². The molecule has 1 saturated heterocycles. The highest BCUT2D eigenvalue weighted by molar-refractivity contribution is 7.89. The molecule has 1 aliphatic heterocycles. The quantitative estimate of drug-likeness (QED) is 0.913. The van der Waals surface area contributed by atoms with Crippen LogP contribution in [0.3, 0.4) is 0 Å². The summed E-state index contributed by atoms with van der Waals surface area (Å²) in [7, 11) is -1.88. The summed E-state index contributed by atoms with van der Waals surface area (Å²) in [5.74, 6) is 0.691. The number of rotatable bonds is 4. The molecule has 114 valence electrons. The molecule has 0 radical (unpaired) electrons. The number of ether oxygens (including phenoxy) is 1. The Bertz CT molecular complexity index is 563. The molecule has 1 fully saturated rings. The average molecular weight is 321 g/mol. The monoisotopic (exact) mass is 320 g/mol. The molecular weight excluding hydrogens is 300 g/mol. The second-order valence-electron chi connectivity index (χ2n) is 4.78. The number of nitrogens with two attached hydrogens (primary N) is 1. The molecule has 1 aliphatic rings. The van der Waals surface area contributed by atoms with Gasteiger partial charge in [-0.25, -0.2) is 8.42 Å². The molecule has 0 aliphatic carbocycles. The molecule has 7 heteroatoms. The van der Waals surface area contributed by atoms with Gasteiger partial charge in [0, 0.05) is 19.1 Å². The number of nitrogens with zero attached hydrogens (tertiary/aromatic N) is 1. The molecule has 2 rings (SSSR count). The van der Waals surface area contributed by atoms with Gasteiger partial charge in [0.25, 0.3) is 0 Å². The van der Waals surface area contributed by atoms with Crippen LogP contribution in [-0.2, 0) is 10.0 Å². The molecule has 0 amide bonds. The summed E-state index contributed by atoms with van der Waals surface area (Å²) < 4.78 is 31.8. The Morgan fingerprint density at radius 1 is 1.45 bits per heavy atom. The van der Waals surface area contributed by atoms with E-state index in [4.69, 9.17) is 10.5 Å². The third-order valence-corrected chi connectivity index (χ3v) is 5.52. The molecule has 0 aromatic heterocycles. The first-order valence-corrected chi connectivity index (χ1v) is 7.81. The Kier molecular flexibility index (Phi) is 5.82. The Hall–Kier alpha value is -0.820. The van der Waals surface area contributed by atoms with Gasteiger partial charge in [0.05, 0.1) is 12.0 Å². The van der Waals surface area contributed by atoms with Crippen molar-refractivity contribution in [1.29, 1.82) is 0 Å². The topological polar surface area (TPSA) is 72.6 Å². The summed E-state index contributed by atoms with van der Waals surface area (Å²) in [6.45, 7) is 2.76. The fraction of sp³-hybridized carbons (Fsp3) is 0.538. The zero-order valence-corrected chi connectivity index (χ0v) is 13.3. The van der Waals surface area contributed by atoms with E-state index in [0.717, 1.165) is 18.4 Å². The van der Waals surface area contributed by atoms with Gasteiger partial charge in [0.15, 0.2) is 0 Å². The minimum Gasteiger partial charge on any atom is -0.496 e. The van der Waals surface area contributed by atoms with Crippen LogP contribution in [0.15, 0.2) is 23.1 Å². The van der Waals surface area contributed by atoms with Crippen LogP contribution in [0.2, 0.25) is 0 Å². The molecule has 20 heavy (non-hydrogen) atoms. The number of halogens is 1. The predicted molar refractivity (Wildman–Crippen MR) is 80.9 cm³/mol. The molecule has 0 spiro atoms. The van der Waals surface area contributed by atoms with E-state index >= 15 is 0 Å². The van der Waals surface area contributed by atoms with E-state index in [1.807, 2.05) is 6.92 Å². The maximum absolute atomic E-state index is 12.6. The van der Waals surface area contributed by atoms with E-state index in [2.05, 4.69) is 0 Å². The summed E-state index contributed by atoms with van der Waals surface area (Å²) >= 11 is 0. The molecule has 2 N–H and O–H groups in total. The number of benzene rings is 1. The van der Waals surface area contributed by atoms with Gasteiger partial charge in [0.2, 0.25) is 10.0 Å². The summed E-state index contributed by atoms with van der Waals surface area (Å²) in [6, 6.07) is 4.86. The number of hydrogen-bond acceptors (Lipinski definition) is 4. The molecule has 0 saturated carbocycles. The van der Waals surface area contributed by atoms with Gasteiger partial charge in [-0.1, -0.05) is 0 Å².